The van der Waals surface area contributed by atoms with Gasteiger partial charge in [-0.3, -0.25) is 4.79 Å². The molecule has 0 saturated carbocycles. The molecule has 0 aliphatic rings. The minimum Gasteiger partial charge on any atom is -0.290 e. The van der Waals surface area contributed by atoms with Crippen molar-refractivity contribution in [3.05, 3.63) is 70.4 Å². The fourth-order valence-electron chi connectivity index (χ4n) is 1.35. The van der Waals surface area contributed by atoms with E-state index in [9.17, 15) is 4.79 Å². The van der Waals surface area contributed by atoms with Crippen molar-refractivity contribution in [3.63, 3.8) is 0 Å². The SMILES string of the molecule is O=C(C=Cc1ccccc1)C=Cc1cccs1. The van der Waals surface area contributed by atoms with Crippen LogP contribution in [-0.2, 0) is 4.79 Å². The predicted octanol–water partition coefficient (Wildman–Crippen LogP) is 4.04. The van der Waals surface area contributed by atoms with E-state index in [-0.39, 0.29) is 5.78 Å². The molecule has 1 aromatic carbocycles. The molecule has 1 nitrogen and oxygen atoms in total. The van der Waals surface area contributed by atoms with Crippen LogP contribution in [0.15, 0.2) is 60.0 Å². The van der Waals surface area contributed by atoms with Crippen LogP contribution >= 0.6 is 11.3 Å². The molecular weight excluding hydrogens is 228 g/mol. The quantitative estimate of drug-likeness (QED) is 0.737. The molecule has 17 heavy (non-hydrogen) atoms. The van der Waals surface area contributed by atoms with E-state index in [1.54, 1.807) is 23.5 Å². The highest BCUT2D eigenvalue weighted by atomic mass is 32.1. The van der Waals surface area contributed by atoms with Crippen molar-refractivity contribution in [2.45, 2.75) is 0 Å². The predicted molar refractivity (Wildman–Crippen MR) is 73.8 cm³/mol. The van der Waals surface area contributed by atoms with Crippen LogP contribution in [0.5, 0.6) is 0 Å². The molecule has 0 fully saturated rings. The summed E-state index contributed by atoms with van der Waals surface area (Å²) in [6, 6.07) is 13.7. The molecule has 1 aromatic heterocycles. The normalized spacial score (nSPS) is 11.3. The van der Waals surface area contributed by atoms with Crippen molar-refractivity contribution in [2.75, 3.05) is 0 Å². The molecule has 0 aliphatic carbocycles. The van der Waals surface area contributed by atoms with Crippen LogP contribution in [0.25, 0.3) is 12.2 Å². The molecule has 0 aliphatic heterocycles. The summed E-state index contributed by atoms with van der Waals surface area (Å²) in [5.74, 6) is 0.00209. The van der Waals surface area contributed by atoms with Crippen molar-refractivity contribution in [1.82, 2.24) is 0 Å². The van der Waals surface area contributed by atoms with Crippen molar-refractivity contribution in [1.29, 1.82) is 0 Å². The topological polar surface area (TPSA) is 17.1 Å². The second-order valence-corrected chi connectivity index (χ2v) is 4.47. The number of benzene rings is 1. The molecule has 0 spiro atoms. The third kappa shape index (κ3) is 3.85. The first-order valence-electron chi connectivity index (χ1n) is 5.33. The number of carbonyl (C=O) groups excluding carboxylic acids is 1. The lowest BCUT2D eigenvalue weighted by molar-refractivity contribution is -0.110. The Labute approximate surface area is 105 Å². The highest BCUT2D eigenvalue weighted by Crippen LogP contribution is 2.10. The average Bonchev–Trinajstić information content (AvgIpc) is 2.88. The van der Waals surface area contributed by atoms with Crippen LogP contribution in [0.2, 0.25) is 0 Å². The van der Waals surface area contributed by atoms with Gasteiger partial charge in [-0.05, 0) is 35.2 Å². The van der Waals surface area contributed by atoms with Gasteiger partial charge >= 0.3 is 0 Å². The summed E-state index contributed by atoms with van der Waals surface area (Å²) in [4.78, 5) is 12.6. The molecule has 0 amide bonds. The fourth-order valence-corrected chi connectivity index (χ4v) is 1.97. The second kappa shape index (κ2) is 5.97. The lowest BCUT2D eigenvalue weighted by atomic mass is 10.2. The lowest BCUT2D eigenvalue weighted by Crippen LogP contribution is -1.83. The van der Waals surface area contributed by atoms with Crippen molar-refractivity contribution in [2.24, 2.45) is 0 Å². The van der Waals surface area contributed by atoms with Gasteiger partial charge in [0.05, 0.1) is 0 Å². The molecule has 1 heterocycles. The number of allylic oxidation sites excluding steroid dienone is 2. The van der Waals surface area contributed by atoms with Crippen LogP contribution in [0, 0.1) is 0 Å². The summed E-state index contributed by atoms with van der Waals surface area (Å²) in [5.41, 5.74) is 1.03. The van der Waals surface area contributed by atoms with Crippen LogP contribution in [-0.4, -0.2) is 5.78 Å². The summed E-state index contributed by atoms with van der Waals surface area (Å²) in [7, 11) is 0. The van der Waals surface area contributed by atoms with E-state index >= 15 is 0 Å². The maximum Gasteiger partial charge on any atom is 0.178 e. The Hall–Kier alpha value is -1.93. The Bertz CT molecular complexity index is 521. The number of hydrogen-bond acceptors (Lipinski definition) is 2. The zero-order valence-corrected chi connectivity index (χ0v) is 10.1. The van der Waals surface area contributed by atoms with Gasteiger partial charge in [-0.2, -0.15) is 0 Å². The third-order valence-electron chi connectivity index (χ3n) is 2.19. The minimum absolute atomic E-state index is 0.00209. The maximum atomic E-state index is 11.5. The molecule has 84 valence electrons. The number of rotatable bonds is 4. The first kappa shape index (κ1) is 11.6. The number of hydrogen-bond donors (Lipinski definition) is 0. The highest BCUT2D eigenvalue weighted by molar-refractivity contribution is 7.10. The van der Waals surface area contributed by atoms with E-state index in [4.69, 9.17) is 0 Å². The van der Waals surface area contributed by atoms with Crippen molar-refractivity contribution in [3.8, 4) is 0 Å². The van der Waals surface area contributed by atoms with E-state index < -0.39 is 0 Å². The lowest BCUT2D eigenvalue weighted by Gasteiger charge is -1.89. The Morgan fingerprint density at radius 3 is 2.41 bits per heavy atom. The number of carbonyl (C=O) groups is 1. The fraction of sp³-hybridized carbons (Fsp3) is 0. The van der Waals surface area contributed by atoms with Gasteiger partial charge in [0.15, 0.2) is 5.78 Å². The second-order valence-electron chi connectivity index (χ2n) is 3.50. The Morgan fingerprint density at radius 2 is 1.71 bits per heavy atom. The monoisotopic (exact) mass is 240 g/mol. The number of ketones is 1. The van der Waals surface area contributed by atoms with Gasteiger partial charge in [0, 0.05) is 4.88 Å². The van der Waals surface area contributed by atoms with Gasteiger partial charge in [0.25, 0.3) is 0 Å². The van der Waals surface area contributed by atoms with E-state index in [1.807, 2.05) is 60.0 Å². The Morgan fingerprint density at radius 1 is 0.941 bits per heavy atom. The molecular formula is C15H12OS. The highest BCUT2D eigenvalue weighted by Gasteiger charge is 1.91. The summed E-state index contributed by atoms with van der Waals surface area (Å²) in [6.07, 6.45) is 6.83. The molecule has 0 unspecified atom stereocenters. The van der Waals surface area contributed by atoms with Gasteiger partial charge in [0.1, 0.15) is 0 Å². The van der Waals surface area contributed by atoms with Crippen molar-refractivity contribution >= 4 is 29.3 Å². The average molecular weight is 240 g/mol. The third-order valence-corrected chi connectivity index (χ3v) is 3.03. The largest absolute Gasteiger partial charge is 0.290 e. The molecule has 2 aromatic rings. The van der Waals surface area contributed by atoms with Crippen molar-refractivity contribution < 1.29 is 4.79 Å². The van der Waals surface area contributed by atoms with Crippen LogP contribution < -0.4 is 0 Å². The molecule has 0 radical (unpaired) electrons. The van der Waals surface area contributed by atoms with Gasteiger partial charge in [-0.15, -0.1) is 11.3 Å². The summed E-state index contributed by atoms with van der Waals surface area (Å²) < 4.78 is 0. The van der Waals surface area contributed by atoms with Gasteiger partial charge in [-0.1, -0.05) is 42.5 Å². The Kier molecular flexibility index (Phi) is 4.05. The molecule has 0 atom stereocenters. The van der Waals surface area contributed by atoms with Gasteiger partial charge in [-0.25, -0.2) is 0 Å². The maximum absolute atomic E-state index is 11.5. The van der Waals surface area contributed by atoms with Gasteiger partial charge < -0.3 is 0 Å². The molecule has 2 heteroatoms. The van der Waals surface area contributed by atoms with E-state index in [1.165, 1.54) is 0 Å². The van der Waals surface area contributed by atoms with E-state index in [2.05, 4.69) is 0 Å². The molecule has 0 bridgehead atoms. The zero-order chi connectivity index (χ0) is 11.9. The molecule has 2 rings (SSSR count). The number of thiophene rings is 1. The summed E-state index contributed by atoms with van der Waals surface area (Å²) >= 11 is 1.62. The van der Waals surface area contributed by atoms with Gasteiger partial charge in [0.2, 0.25) is 0 Å². The standard InChI is InChI=1S/C15H12OS/c16-14(10-11-15-7-4-12-17-15)9-8-13-5-2-1-3-6-13/h1-12H. The van der Waals surface area contributed by atoms with Crippen LogP contribution in [0.1, 0.15) is 10.4 Å². The van der Waals surface area contributed by atoms with Crippen LogP contribution in [0.4, 0.5) is 0 Å². The van der Waals surface area contributed by atoms with E-state index in [0.29, 0.717) is 0 Å². The van der Waals surface area contributed by atoms with E-state index in [0.717, 1.165) is 10.4 Å². The molecule has 0 N–H and O–H groups in total. The minimum atomic E-state index is 0.00209. The summed E-state index contributed by atoms with van der Waals surface area (Å²) in [5, 5.41) is 1.99. The smallest absolute Gasteiger partial charge is 0.178 e. The summed E-state index contributed by atoms with van der Waals surface area (Å²) in [6.45, 7) is 0. The zero-order valence-electron chi connectivity index (χ0n) is 9.24. The molecule has 0 saturated heterocycles. The Balaban J connectivity index is 1.96. The first-order chi connectivity index (χ1) is 8.34. The first-order valence-corrected chi connectivity index (χ1v) is 6.21. The van der Waals surface area contributed by atoms with Crippen LogP contribution in [0.3, 0.4) is 0 Å².